The molecule has 0 aromatic carbocycles. The number of carbonyl (C=O) groups excluding carboxylic acids is 1. The van der Waals surface area contributed by atoms with E-state index in [1.165, 1.54) is 7.11 Å². The van der Waals surface area contributed by atoms with Gasteiger partial charge in [0, 0.05) is 6.42 Å². The fourth-order valence-corrected chi connectivity index (χ4v) is 2.76. The van der Waals surface area contributed by atoms with E-state index in [0.29, 0.717) is 12.3 Å². The van der Waals surface area contributed by atoms with Crippen LogP contribution in [0.5, 0.6) is 0 Å². The monoisotopic (exact) mass is 214 g/mol. The lowest BCUT2D eigenvalue weighted by Gasteiger charge is -2.45. The lowest BCUT2D eigenvalue weighted by atomic mass is 9.79. The van der Waals surface area contributed by atoms with E-state index in [1.54, 1.807) is 0 Å². The van der Waals surface area contributed by atoms with Crippen molar-refractivity contribution in [1.82, 2.24) is 0 Å². The van der Waals surface area contributed by atoms with Crippen molar-refractivity contribution < 1.29 is 14.3 Å². The Hall–Kier alpha value is -0.570. The van der Waals surface area contributed by atoms with Gasteiger partial charge in [-0.3, -0.25) is 4.79 Å². The Balaban J connectivity index is 2.63. The van der Waals surface area contributed by atoms with Gasteiger partial charge in [0.1, 0.15) is 0 Å². The SMILES string of the molecule is COC(=O)CC1CC(C)(C)OC(C)(C)C1. The van der Waals surface area contributed by atoms with Crippen molar-refractivity contribution in [1.29, 1.82) is 0 Å². The van der Waals surface area contributed by atoms with Crippen LogP contribution in [-0.4, -0.2) is 24.3 Å². The molecule has 1 rings (SSSR count). The number of carbonyl (C=O) groups is 1. The molecule has 0 saturated carbocycles. The predicted octanol–water partition coefficient (Wildman–Crippen LogP) is 2.53. The minimum Gasteiger partial charge on any atom is -0.469 e. The first-order chi connectivity index (χ1) is 6.74. The van der Waals surface area contributed by atoms with E-state index in [1.807, 2.05) is 0 Å². The van der Waals surface area contributed by atoms with Crippen LogP contribution >= 0.6 is 0 Å². The second kappa shape index (κ2) is 4.12. The third kappa shape index (κ3) is 3.82. The quantitative estimate of drug-likeness (QED) is 0.663. The van der Waals surface area contributed by atoms with Crippen molar-refractivity contribution in [3.05, 3.63) is 0 Å². The predicted molar refractivity (Wildman–Crippen MR) is 58.6 cm³/mol. The van der Waals surface area contributed by atoms with Gasteiger partial charge < -0.3 is 9.47 Å². The molecule has 0 atom stereocenters. The van der Waals surface area contributed by atoms with Gasteiger partial charge in [-0.1, -0.05) is 0 Å². The maximum atomic E-state index is 11.2. The molecule has 0 unspecified atom stereocenters. The fraction of sp³-hybridized carbons (Fsp3) is 0.917. The van der Waals surface area contributed by atoms with Gasteiger partial charge in [0.25, 0.3) is 0 Å². The molecule has 3 nitrogen and oxygen atoms in total. The number of esters is 1. The van der Waals surface area contributed by atoms with Crippen LogP contribution in [0.3, 0.4) is 0 Å². The maximum Gasteiger partial charge on any atom is 0.305 e. The molecular weight excluding hydrogens is 192 g/mol. The Morgan fingerprint density at radius 2 is 1.73 bits per heavy atom. The van der Waals surface area contributed by atoms with E-state index in [-0.39, 0.29) is 17.2 Å². The van der Waals surface area contributed by atoms with Crippen LogP contribution in [0.1, 0.15) is 47.0 Å². The van der Waals surface area contributed by atoms with Crippen molar-refractivity contribution in [2.24, 2.45) is 5.92 Å². The van der Waals surface area contributed by atoms with Gasteiger partial charge >= 0.3 is 5.97 Å². The van der Waals surface area contributed by atoms with Gasteiger partial charge in [-0.2, -0.15) is 0 Å². The average molecular weight is 214 g/mol. The van der Waals surface area contributed by atoms with Crippen molar-refractivity contribution in [2.75, 3.05) is 7.11 Å². The molecule has 0 spiro atoms. The molecule has 0 N–H and O–H groups in total. The third-order valence-electron chi connectivity index (χ3n) is 2.80. The molecule has 88 valence electrons. The summed E-state index contributed by atoms with van der Waals surface area (Å²) in [4.78, 5) is 11.2. The van der Waals surface area contributed by atoms with Crippen LogP contribution in [0, 0.1) is 5.92 Å². The summed E-state index contributed by atoms with van der Waals surface area (Å²) in [6.45, 7) is 8.33. The molecule has 0 aliphatic carbocycles. The van der Waals surface area contributed by atoms with Crippen LogP contribution in [0.4, 0.5) is 0 Å². The second-order valence-electron chi connectivity index (χ2n) is 5.68. The van der Waals surface area contributed by atoms with Gasteiger partial charge in [-0.15, -0.1) is 0 Å². The molecule has 1 heterocycles. The highest BCUT2D eigenvalue weighted by Crippen LogP contribution is 2.39. The summed E-state index contributed by atoms with van der Waals surface area (Å²) in [7, 11) is 1.44. The van der Waals surface area contributed by atoms with Crippen molar-refractivity contribution >= 4 is 5.97 Å². The molecule has 0 bridgehead atoms. The van der Waals surface area contributed by atoms with Crippen LogP contribution in [-0.2, 0) is 14.3 Å². The van der Waals surface area contributed by atoms with Gasteiger partial charge in [-0.05, 0) is 46.5 Å². The number of hydrogen-bond donors (Lipinski definition) is 0. The largest absolute Gasteiger partial charge is 0.469 e. The molecule has 0 amide bonds. The Labute approximate surface area is 92.1 Å². The van der Waals surface area contributed by atoms with Gasteiger partial charge in [-0.25, -0.2) is 0 Å². The Morgan fingerprint density at radius 3 is 2.13 bits per heavy atom. The van der Waals surface area contributed by atoms with Gasteiger partial charge in [0.15, 0.2) is 0 Å². The highest BCUT2D eigenvalue weighted by atomic mass is 16.5. The van der Waals surface area contributed by atoms with Crippen LogP contribution in [0.2, 0.25) is 0 Å². The maximum absolute atomic E-state index is 11.2. The number of methoxy groups -OCH3 is 1. The Kier molecular flexibility index (Phi) is 3.44. The summed E-state index contributed by atoms with van der Waals surface area (Å²) in [6.07, 6.45) is 2.35. The van der Waals surface area contributed by atoms with Gasteiger partial charge in [0.05, 0.1) is 18.3 Å². The molecule has 3 heteroatoms. The van der Waals surface area contributed by atoms with E-state index in [0.717, 1.165) is 12.8 Å². The first-order valence-electron chi connectivity index (χ1n) is 5.51. The van der Waals surface area contributed by atoms with Crippen LogP contribution in [0.25, 0.3) is 0 Å². The van der Waals surface area contributed by atoms with E-state index in [2.05, 4.69) is 27.7 Å². The molecule has 0 radical (unpaired) electrons. The molecule has 0 aromatic heterocycles. The lowest BCUT2D eigenvalue weighted by Crippen LogP contribution is -2.45. The van der Waals surface area contributed by atoms with Crippen molar-refractivity contribution in [2.45, 2.75) is 58.2 Å². The smallest absolute Gasteiger partial charge is 0.305 e. The van der Waals surface area contributed by atoms with Crippen molar-refractivity contribution in [3.63, 3.8) is 0 Å². The van der Waals surface area contributed by atoms with Crippen molar-refractivity contribution in [3.8, 4) is 0 Å². The highest BCUT2D eigenvalue weighted by molar-refractivity contribution is 5.69. The summed E-state index contributed by atoms with van der Waals surface area (Å²) in [5.74, 6) is 0.254. The average Bonchev–Trinajstić information content (AvgIpc) is 1.97. The van der Waals surface area contributed by atoms with E-state index in [9.17, 15) is 4.79 Å². The normalized spacial score (nSPS) is 24.9. The molecule has 15 heavy (non-hydrogen) atoms. The standard InChI is InChI=1S/C12H22O3/c1-11(2)7-9(6-10(13)14-5)8-12(3,4)15-11/h9H,6-8H2,1-5H3. The summed E-state index contributed by atoms with van der Waals surface area (Å²) in [5.41, 5.74) is -0.277. The molecule has 1 saturated heterocycles. The summed E-state index contributed by atoms with van der Waals surface area (Å²) in [5, 5.41) is 0. The summed E-state index contributed by atoms with van der Waals surface area (Å²) >= 11 is 0. The first kappa shape index (κ1) is 12.5. The zero-order chi connectivity index (χ0) is 11.7. The zero-order valence-electron chi connectivity index (χ0n) is 10.4. The number of ether oxygens (including phenoxy) is 2. The highest BCUT2D eigenvalue weighted by Gasteiger charge is 2.39. The minimum absolute atomic E-state index is 0.117. The van der Waals surface area contributed by atoms with E-state index in [4.69, 9.17) is 9.47 Å². The van der Waals surface area contributed by atoms with Crippen LogP contribution < -0.4 is 0 Å². The van der Waals surface area contributed by atoms with E-state index < -0.39 is 0 Å². The molecule has 1 fully saturated rings. The van der Waals surface area contributed by atoms with E-state index >= 15 is 0 Å². The lowest BCUT2D eigenvalue weighted by molar-refractivity contribution is -0.176. The molecular formula is C12H22O3. The van der Waals surface area contributed by atoms with Crippen LogP contribution in [0.15, 0.2) is 0 Å². The Morgan fingerprint density at radius 1 is 1.27 bits per heavy atom. The zero-order valence-corrected chi connectivity index (χ0v) is 10.4. The molecule has 1 aliphatic rings. The third-order valence-corrected chi connectivity index (χ3v) is 2.80. The molecule has 1 aliphatic heterocycles. The summed E-state index contributed by atoms with van der Waals surface area (Å²) in [6, 6.07) is 0. The number of hydrogen-bond acceptors (Lipinski definition) is 3. The minimum atomic E-state index is -0.138. The fourth-order valence-electron chi connectivity index (χ4n) is 2.76. The second-order valence-corrected chi connectivity index (χ2v) is 5.68. The Bertz CT molecular complexity index is 227. The molecule has 0 aromatic rings. The topological polar surface area (TPSA) is 35.5 Å². The summed E-state index contributed by atoms with van der Waals surface area (Å²) < 4.78 is 10.7. The number of rotatable bonds is 2. The van der Waals surface area contributed by atoms with Gasteiger partial charge in [0.2, 0.25) is 0 Å². The first-order valence-corrected chi connectivity index (χ1v) is 5.51.